The highest BCUT2D eigenvalue weighted by atomic mass is 32.1. The van der Waals surface area contributed by atoms with E-state index in [1.54, 1.807) is 5.56 Å². The van der Waals surface area contributed by atoms with Crippen LogP contribution in [0.3, 0.4) is 0 Å². The molecule has 1 aromatic heterocycles. The average molecular weight is 263 g/mol. The summed E-state index contributed by atoms with van der Waals surface area (Å²) >= 11 is 1.84. The summed E-state index contributed by atoms with van der Waals surface area (Å²) in [5.74, 6) is 2.19. The molecular weight excluding hydrogens is 238 g/mol. The fourth-order valence-corrected chi connectivity index (χ4v) is 4.52. The Morgan fingerprint density at radius 1 is 1.39 bits per heavy atom. The maximum atomic E-state index is 3.69. The lowest BCUT2D eigenvalue weighted by Crippen LogP contribution is -2.34. The SMILES string of the molecule is CCCNCC1(CCc2ccsc2)CC2CC2C1. The van der Waals surface area contributed by atoms with Gasteiger partial charge in [0.25, 0.3) is 0 Å². The predicted molar refractivity (Wildman–Crippen MR) is 79.1 cm³/mol. The average Bonchev–Trinajstić information content (AvgIpc) is 2.84. The Labute approximate surface area is 115 Å². The van der Waals surface area contributed by atoms with Crippen molar-refractivity contribution >= 4 is 11.3 Å². The van der Waals surface area contributed by atoms with Crippen LogP contribution in [0.5, 0.6) is 0 Å². The fraction of sp³-hybridized carbons (Fsp3) is 0.750. The topological polar surface area (TPSA) is 12.0 Å². The maximum Gasteiger partial charge on any atom is 0.000813 e. The van der Waals surface area contributed by atoms with E-state index in [-0.39, 0.29) is 0 Å². The molecule has 0 aliphatic heterocycles. The number of hydrogen-bond acceptors (Lipinski definition) is 2. The highest BCUT2D eigenvalue weighted by Crippen LogP contribution is 2.61. The molecule has 1 heterocycles. The quantitative estimate of drug-likeness (QED) is 0.730. The van der Waals surface area contributed by atoms with Gasteiger partial charge in [-0.1, -0.05) is 6.92 Å². The van der Waals surface area contributed by atoms with Crippen LogP contribution in [0.25, 0.3) is 0 Å². The molecule has 2 fully saturated rings. The lowest BCUT2D eigenvalue weighted by Gasteiger charge is -2.31. The third-order valence-electron chi connectivity index (χ3n) is 4.91. The van der Waals surface area contributed by atoms with Crippen molar-refractivity contribution in [2.75, 3.05) is 13.1 Å². The van der Waals surface area contributed by atoms with Gasteiger partial charge >= 0.3 is 0 Å². The molecule has 0 bridgehead atoms. The summed E-state index contributed by atoms with van der Waals surface area (Å²) in [5.41, 5.74) is 2.18. The van der Waals surface area contributed by atoms with Crippen LogP contribution < -0.4 is 5.32 Å². The van der Waals surface area contributed by atoms with E-state index in [0.29, 0.717) is 5.41 Å². The standard InChI is InChI=1S/C16H25NS/c1-2-6-17-12-16(9-14-8-15(14)10-16)5-3-13-4-7-18-11-13/h4,7,11,14-15,17H,2-3,5-6,8-10,12H2,1H3. The minimum absolute atomic E-state index is 0.630. The molecule has 100 valence electrons. The van der Waals surface area contributed by atoms with Crippen LogP contribution in [0.1, 0.15) is 44.6 Å². The zero-order valence-corrected chi connectivity index (χ0v) is 12.3. The summed E-state index contributed by atoms with van der Waals surface area (Å²) in [6, 6.07) is 2.30. The van der Waals surface area contributed by atoms with Gasteiger partial charge in [-0.2, -0.15) is 11.3 Å². The van der Waals surface area contributed by atoms with Crippen LogP contribution in [0, 0.1) is 17.3 Å². The van der Waals surface area contributed by atoms with Crippen molar-refractivity contribution in [1.82, 2.24) is 5.32 Å². The Balaban J connectivity index is 1.55. The van der Waals surface area contributed by atoms with Crippen LogP contribution in [-0.2, 0) is 6.42 Å². The van der Waals surface area contributed by atoms with Gasteiger partial charge in [0.2, 0.25) is 0 Å². The second kappa shape index (κ2) is 5.34. The minimum atomic E-state index is 0.630. The molecule has 2 aliphatic carbocycles. The number of rotatable bonds is 7. The molecular formula is C16H25NS. The Kier molecular flexibility index (Phi) is 3.76. The van der Waals surface area contributed by atoms with Gasteiger partial charge in [-0.15, -0.1) is 0 Å². The largest absolute Gasteiger partial charge is 0.316 e. The summed E-state index contributed by atoms with van der Waals surface area (Å²) in [6.07, 6.45) is 8.47. The summed E-state index contributed by atoms with van der Waals surface area (Å²) in [6.45, 7) is 4.71. The normalized spacial score (nSPS) is 33.6. The van der Waals surface area contributed by atoms with E-state index >= 15 is 0 Å². The van der Waals surface area contributed by atoms with Gasteiger partial charge in [0.1, 0.15) is 0 Å². The van der Waals surface area contributed by atoms with Crippen LogP contribution in [0.4, 0.5) is 0 Å². The predicted octanol–water partition coefficient (Wildman–Crippen LogP) is 4.10. The number of thiophene rings is 1. The molecule has 0 aromatic carbocycles. The van der Waals surface area contributed by atoms with E-state index in [9.17, 15) is 0 Å². The van der Waals surface area contributed by atoms with E-state index in [4.69, 9.17) is 0 Å². The Hall–Kier alpha value is -0.340. The molecule has 2 aliphatic rings. The molecule has 1 N–H and O–H groups in total. The Morgan fingerprint density at radius 3 is 2.89 bits per heavy atom. The van der Waals surface area contributed by atoms with Crippen LogP contribution in [0.2, 0.25) is 0 Å². The van der Waals surface area contributed by atoms with Crippen molar-refractivity contribution in [3.8, 4) is 0 Å². The molecule has 2 saturated carbocycles. The van der Waals surface area contributed by atoms with Crippen LogP contribution in [0.15, 0.2) is 16.8 Å². The molecule has 0 amide bonds. The van der Waals surface area contributed by atoms with Crippen molar-refractivity contribution in [3.63, 3.8) is 0 Å². The van der Waals surface area contributed by atoms with Gasteiger partial charge in [-0.05, 0) is 84.7 Å². The van der Waals surface area contributed by atoms with E-state index in [1.807, 2.05) is 11.3 Å². The number of nitrogens with one attached hydrogen (secondary N) is 1. The summed E-state index contributed by atoms with van der Waals surface area (Å²) in [4.78, 5) is 0. The first kappa shape index (κ1) is 12.7. The molecule has 2 atom stereocenters. The monoisotopic (exact) mass is 263 g/mol. The first-order chi connectivity index (χ1) is 8.81. The van der Waals surface area contributed by atoms with Gasteiger partial charge in [-0.3, -0.25) is 0 Å². The molecule has 0 spiro atoms. The van der Waals surface area contributed by atoms with Crippen LogP contribution in [-0.4, -0.2) is 13.1 Å². The van der Waals surface area contributed by atoms with Gasteiger partial charge < -0.3 is 5.32 Å². The van der Waals surface area contributed by atoms with Crippen molar-refractivity contribution < 1.29 is 0 Å². The molecule has 1 aromatic rings. The van der Waals surface area contributed by atoms with E-state index in [0.717, 1.165) is 11.8 Å². The lowest BCUT2D eigenvalue weighted by atomic mass is 9.78. The van der Waals surface area contributed by atoms with Crippen molar-refractivity contribution in [3.05, 3.63) is 22.4 Å². The smallest absolute Gasteiger partial charge is 0.000813 e. The third kappa shape index (κ3) is 2.80. The zero-order chi connectivity index (χ0) is 12.4. The third-order valence-corrected chi connectivity index (χ3v) is 5.64. The van der Waals surface area contributed by atoms with E-state index < -0.39 is 0 Å². The fourth-order valence-electron chi connectivity index (χ4n) is 3.82. The number of hydrogen-bond donors (Lipinski definition) is 1. The Morgan fingerprint density at radius 2 is 2.22 bits per heavy atom. The molecule has 2 unspecified atom stereocenters. The molecule has 18 heavy (non-hydrogen) atoms. The molecule has 0 radical (unpaired) electrons. The molecule has 3 rings (SSSR count). The molecule has 1 nitrogen and oxygen atoms in total. The van der Waals surface area contributed by atoms with Gasteiger partial charge in [0.05, 0.1) is 0 Å². The van der Waals surface area contributed by atoms with Crippen molar-refractivity contribution in [2.24, 2.45) is 17.3 Å². The van der Waals surface area contributed by atoms with Gasteiger partial charge in [0, 0.05) is 6.54 Å². The van der Waals surface area contributed by atoms with Gasteiger partial charge in [0.15, 0.2) is 0 Å². The van der Waals surface area contributed by atoms with Crippen molar-refractivity contribution in [1.29, 1.82) is 0 Å². The molecule has 0 saturated heterocycles. The highest BCUT2D eigenvalue weighted by Gasteiger charge is 2.52. The minimum Gasteiger partial charge on any atom is -0.316 e. The van der Waals surface area contributed by atoms with E-state index in [2.05, 4.69) is 29.1 Å². The first-order valence-electron chi connectivity index (χ1n) is 7.53. The second-order valence-corrected chi connectivity index (χ2v) is 7.25. The first-order valence-corrected chi connectivity index (χ1v) is 8.47. The summed E-state index contributed by atoms with van der Waals surface area (Å²) in [7, 11) is 0. The highest BCUT2D eigenvalue weighted by molar-refractivity contribution is 7.07. The Bertz CT molecular complexity index is 360. The summed E-state index contributed by atoms with van der Waals surface area (Å²) in [5, 5.41) is 8.23. The second-order valence-electron chi connectivity index (χ2n) is 6.47. The van der Waals surface area contributed by atoms with Crippen LogP contribution >= 0.6 is 11.3 Å². The van der Waals surface area contributed by atoms with Crippen molar-refractivity contribution in [2.45, 2.75) is 45.4 Å². The van der Waals surface area contributed by atoms with E-state index in [1.165, 1.54) is 51.6 Å². The molecule has 2 heteroatoms. The number of fused-ring (bicyclic) bond motifs is 1. The zero-order valence-electron chi connectivity index (χ0n) is 11.5. The summed E-state index contributed by atoms with van der Waals surface area (Å²) < 4.78 is 0. The number of aryl methyl sites for hydroxylation is 1. The maximum absolute atomic E-state index is 3.69. The lowest BCUT2D eigenvalue weighted by molar-refractivity contribution is 0.231. The van der Waals surface area contributed by atoms with Gasteiger partial charge in [-0.25, -0.2) is 0 Å².